The maximum Gasteiger partial charge on any atom is 0.231 e. The number of ether oxygens (including phenoxy) is 2. The van der Waals surface area contributed by atoms with Crippen LogP contribution in [0.25, 0.3) is 11.4 Å². The predicted molar refractivity (Wildman–Crippen MR) is 102 cm³/mol. The zero-order valence-electron chi connectivity index (χ0n) is 15.2. The summed E-state index contributed by atoms with van der Waals surface area (Å²) in [5.41, 5.74) is 1.79. The molecule has 7 nitrogen and oxygen atoms in total. The average Bonchev–Trinajstić information content (AvgIpc) is 3.35. The van der Waals surface area contributed by atoms with Gasteiger partial charge >= 0.3 is 0 Å². The van der Waals surface area contributed by atoms with Crippen molar-refractivity contribution in [3.63, 3.8) is 0 Å². The fraction of sp³-hybridized carbons (Fsp3) is 0.250. The third kappa shape index (κ3) is 4.09. The van der Waals surface area contributed by atoms with Crippen LogP contribution < -0.4 is 9.47 Å². The minimum absolute atomic E-state index is 0.0103. The Morgan fingerprint density at radius 2 is 1.93 bits per heavy atom. The topological polar surface area (TPSA) is 77.7 Å². The lowest BCUT2D eigenvalue weighted by Crippen LogP contribution is -2.26. The summed E-state index contributed by atoms with van der Waals surface area (Å²) >= 11 is 5.88. The monoisotopic (exact) mass is 399 g/mol. The zero-order chi connectivity index (χ0) is 19.5. The van der Waals surface area contributed by atoms with Crippen molar-refractivity contribution in [1.29, 1.82) is 0 Å². The molecule has 0 saturated carbocycles. The highest BCUT2D eigenvalue weighted by atomic mass is 35.5. The molecular weight excluding hydrogens is 382 g/mol. The second kappa shape index (κ2) is 7.90. The van der Waals surface area contributed by atoms with Crippen molar-refractivity contribution in [1.82, 2.24) is 15.0 Å². The van der Waals surface area contributed by atoms with Crippen molar-refractivity contribution < 1.29 is 18.8 Å². The molecule has 8 heteroatoms. The Labute approximate surface area is 166 Å². The molecule has 2 heterocycles. The van der Waals surface area contributed by atoms with Gasteiger partial charge in [0.05, 0.1) is 0 Å². The van der Waals surface area contributed by atoms with Crippen LogP contribution in [0.4, 0.5) is 0 Å². The van der Waals surface area contributed by atoms with Gasteiger partial charge in [0.25, 0.3) is 0 Å². The normalized spacial score (nSPS) is 12.2. The van der Waals surface area contributed by atoms with Gasteiger partial charge in [0, 0.05) is 37.0 Å². The molecule has 0 unspecified atom stereocenters. The summed E-state index contributed by atoms with van der Waals surface area (Å²) in [6.07, 6.45) is 0.661. The van der Waals surface area contributed by atoms with Crippen molar-refractivity contribution >= 4 is 17.5 Å². The van der Waals surface area contributed by atoms with Crippen LogP contribution in [0.3, 0.4) is 0 Å². The number of halogens is 1. The van der Waals surface area contributed by atoms with Gasteiger partial charge in [-0.05, 0) is 42.0 Å². The summed E-state index contributed by atoms with van der Waals surface area (Å²) in [4.78, 5) is 18.4. The van der Waals surface area contributed by atoms with Crippen LogP contribution in [0.2, 0.25) is 5.02 Å². The molecule has 0 fully saturated rings. The molecule has 28 heavy (non-hydrogen) atoms. The van der Waals surface area contributed by atoms with Gasteiger partial charge in [0.1, 0.15) is 0 Å². The molecule has 0 radical (unpaired) electrons. The lowest BCUT2D eigenvalue weighted by Gasteiger charge is -2.17. The summed E-state index contributed by atoms with van der Waals surface area (Å²) in [6.45, 7) is 0.713. The molecule has 0 spiro atoms. The van der Waals surface area contributed by atoms with Crippen molar-refractivity contribution in [2.75, 3.05) is 13.8 Å². The first-order chi connectivity index (χ1) is 13.6. The quantitative estimate of drug-likeness (QED) is 0.628. The Morgan fingerprint density at radius 1 is 1.14 bits per heavy atom. The van der Waals surface area contributed by atoms with E-state index in [1.54, 1.807) is 24.1 Å². The molecular formula is C20H18ClN3O4. The number of fused-ring (bicyclic) bond motifs is 1. The van der Waals surface area contributed by atoms with Crippen LogP contribution in [-0.4, -0.2) is 34.8 Å². The molecule has 1 amide bonds. The van der Waals surface area contributed by atoms with Gasteiger partial charge in [0.2, 0.25) is 24.4 Å². The average molecular weight is 400 g/mol. The molecule has 0 aliphatic carbocycles. The van der Waals surface area contributed by atoms with E-state index in [0.29, 0.717) is 35.5 Å². The third-order valence-corrected chi connectivity index (χ3v) is 4.66. The third-order valence-electron chi connectivity index (χ3n) is 4.41. The molecule has 1 aliphatic rings. The van der Waals surface area contributed by atoms with E-state index in [9.17, 15) is 4.79 Å². The van der Waals surface area contributed by atoms with Gasteiger partial charge in [-0.3, -0.25) is 4.79 Å². The molecule has 1 aliphatic heterocycles. The molecule has 2 aromatic carbocycles. The molecule has 0 atom stereocenters. The first kappa shape index (κ1) is 18.3. The van der Waals surface area contributed by atoms with E-state index in [1.807, 2.05) is 30.3 Å². The van der Waals surface area contributed by atoms with E-state index in [0.717, 1.165) is 16.9 Å². The number of aromatic nitrogens is 2. The van der Waals surface area contributed by atoms with Crippen LogP contribution in [0.5, 0.6) is 11.5 Å². The van der Waals surface area contributed by atoms with E-state index < -0.39 is 0 Å². The second-order valence-corrected chi connectivity index (χ2v) is 6.89. The van der Waals surface area contributed by atoms with Crippen molar-refractivity contribution in [3.8, 4) is 22.9 Å². The maximum absolute atomic E-state index is 12.4. The largest absolute Gasteiger partial charge is 0.454 e. The van der Waals surface area contributed by atoms with Gasteiger partial charge in [-0.2, -0.15) is 4.98 Å². The van der Waals surface area contributed by atoms with Crippen LogP contribution >= 0.6 is 11.6 Å². The van der Waals surface area contributed by atoms with Crippen LogP contribution in [0.1, 0.15) is 17.9 Å². The number of hydrogen-bond acceptors (Lipinski definition) is 6. The number of nitrogens with zero attached hydrogens (tertiary/aromatic N) is 3. The Morgan fingerprint density at radius 3 is 2.75 bits per heavy atom. The summed E-state index contributed by atoms with van der Waals surface area (Å²) in [6, 6.07) is 12.8. The van der Waals surface area contributed by atoms with Crippen molar-refractivity contribution in [2.45, 2.75) is 19.4 Å². The highest BCUT2D eigenvalue weighted by molar-refractivity contribution is 6.30. The predicted octanol–water partition coefficient (Wildman–Crippen LogP) is 3.71. The summed E-state index contributed by atoms with van der Waals surface area (Å²) in [5.74, 6) is 2.33. The minimum Gasteiger partial charge on any atom is -0.454 e. The van der Waals surface area contributed by atoms with Gasteiger partial charge in [-0.15, -0.1) is 0 Å². The summed E-state index contributed by atoms with van der Waals surface area (Å²) in [7, 11) is 1.76. The highest BCUT2D eigenvalue weighted by Gasteiger charge is 2.16. The Balaban J connectivity index is 1.32. The van der Waals surface area contributed by atoms with E-state index in [-0.39, 0.29) is 19.1 Å². The van der Waals surface area contributed by atoms with Crippen LogP contribution in [0, 0.1) is 0 Å². The van der Waals surface area contributed by atoms with Crippen LogP contribution in [0.15, 0.2) is 47.0 Å². The van der Waals surface area contributed by atoms with E-state index >= 15 is 0 Å². The lowest BCUT2D eigenvalue weighted by atomic mass is 10.2. The van der Waals surface area contributed by atoms with Gasteiger partial charge in [-0.25, -0.2) is 0 Å². The van der Waals surface area contributed by atoms with Gasteiger partial charge in [0.15, 0.2) is 11.5 Å². The van der Waals surface area contributed by atoms with E-state index in [4.69, 9.17) is 25.6 Å². The van der Waals surface area contributed by atoms with Gasteiger partial charge in [-0.1, -0.05) is 22.8 Å². The second-order valence-electron chi connectivity index (χ2n) is 6.46. The SMILES string of the molecule is CN(Cc1ccc2c(c1)OCO2)C(=O)CCc1nc(-c2ccc(Cl)cc2)no1. The van der Waals surface area contributed by atoms with Crippen molar-refractivity contribution in [3.05, 3.63) is 58.9 Å². The van der Waals surface area contributed by atoms with Crippen molar-refractivity contribution in [2.24, 2.45) is 0 Å². The number of aryl methyl sites for hydroxylation is 1. The maximum atomic E-state index is 12.4. The Kier molecular flexibility index (Phi) is 5.16. The molecule has 4 rings (SSSR count). The number of amides is 1. The number of carbonyl (C=O) groups excluding carboxylic acids is 1. The molecule has 1 aromatic heterocycles. The summed E-state index contributed by atoms with van der Waals surface area (Å²) in [5, 5.41) is 4.60. The lowest BCUT2D eigenvalue weighted by molar-refractivity contribution is -0.130. The fourth-order valence-corrected chi connectivity index (χ4v) is 3.00. The number of rotatable bonds is 6. The Hall–Kier alpha value is -3.06. The number of benzene rings is 2. The first-order valence-electron chi connectivity index (χ1n) is 8.79. The molecule has 0 saturated heterocycles. The minimum atomic E-state index is -0.0103. The highest BCUT2D eigenvalue weighted by Crippen LogP contribution is 2.32. The van der Waals surface area contributed by atoms with Crippen LogP contribution in [-0.2, 0) is 17.8 Å². The zero-order valence-corrected chi connectivity index (χ0v) is 16.0. The Bertz CT molecular complexity index is 987. The molecule has 0 N–H and O–H groups in total. The standard InChI is InChI=1S/C20H18ClN3O4/c1-24(11-13-2-7-16-17(10-13)27-12-26-16)19(25)9-8-18-22-20(23-28-18)14-3-5-15(21)6-4-14/h2-7,10H,8-9,11-12H2,1H3. The van der Waals surface area contributed by atoms with E-state index in [2.05, 4.69) is 10.1 Å². The molecule has 0 bridgehead atoms. The molecule has 3 aromatic rings. The summed E-state index contributed by atoms with van der Waals surface area (Å²) < 4.78 is 15.9. The first-order valence-corrected chi connectivity index (χ1v) is 9.17. The van der Waals surface area contributed by atoms with Gasteiger partial charge < -0.3 is 18.9 Å². The molecule has 144 valence electrons. The van der Waals surface area contributed by atoms with E-state index in [1.165, 1.54) is 0 Å². The number of carbonyl (C=O) groups is 1. The number of hydrogen-bond donors (Lipinski definition) is 0. The fourth-order valence-electron chi connectivity index (χ4n) is 2.88. The smallest absolute Gasteiger partial charge is 0.231 e.